The topological polar surface area (TPSA) is 49.6 Å². The highest BCUT2D eigenvalue weighted by Crippen LogP contribution is 2.31. The molecule has 134 valence electrons. The normalized spacial score (nSPS) is 17.9. The quantitative estimate of drug-likeness (QED) is 0.836. The van der Waals surface area contributed by atoms with Crippen molar-refractivity contribution in [3.8, 4) is 0 Å². The Morgan fingerprint density at radius 2 is 2.24 bits per heavy atom. The highest BCUT2D eigenvalue weighted by Gasteiger charge is 2.31. The minimum absolute atomic E-state index is 0.0968. The average Bonchev–Trinajstić information content (AvgIpc) is 3.02. The molecule has 0 N–H and O–H groups in total. The van der Waals surface area contributed by atoms with Crippen molar-refractivity contribution in [3.63, 3.8) is 0 Å². The summed E-state index contributed by atoms with van der Waals surface area (Å²) in [6.45, 7) is 1.12. The smallest absolute Gasteiger partial charge is 0.237 e. The van der Waals surface area contributed by atoms with Crippen LogP contribution in [0.25, 0.3) is 0 Å². The van der Waals surface area contributed by atoms with Crippen molar-refractivity contribution in [1.29, 1.82) is 0 Å². The van der Waals surface area contributed by atoms with Crippen molar-refractivity contribution >= 4 is 5.91 Å². The molecule has 1 aliphatic rings. The number of rotatable bonds is 5. The molecule has 1 atom stereocenters. The zero-order valence-electron chi connectivity index (χ0n) is 14.7. The van der Waals surface area contributed by atoms with Gasteiger partial charge in [0.15, 0.2) is 0 Å². The van der Waals surface area contributed by atoms with E-state index in [1.165, 1.54) is 12.1 Å². The molecule has 1 saturated heterocycles. The SMILES string of the molecule is CN(C)CC(=O)N1CCCC[C@@H]1c1ncc(Cc2cccc(F)c2)o1. The van der Waals surface area contributed by atoms with Gasteiger partial charge in [-0.25, -0.2) is 9.37 Å². The average molecular weight is 345 g/mol. The number of likely N-dealkylation sites (tertiary alicyclic amines) is 1. The molecule has 3 rings (SSSR count). The van der Waals surface area contributed by atoms with E-state index in [4.69, 9.17) is 4.42 Å². The minimum Gasteiger partial charge on any atom is -0.443 e. The molecule has 1 amide bonds. The van der Waals surface area contributed by atoms with E-state index in [1.807, 2.05) is 30.0 Å². The van der Waals surface area contributed by atoms with Gasteiger partial charge in [-0.1, -0.05) is 12.1 Å². The van der Waals surface area contributed by atoms with E-state index in [2.05, 4.69) is 4.98 Å². The molecule has 2 aromatic rings. The molecule has 0 radical (unpaired) electrons. The summed E-state index contributed by atoms with van der Waals surface area (Å²) in [7, 11) is 3.78. The number of carbonyl (C=O) groups excluding carboxylic acids is 1. The molecular weight excluding hydrogens is 321 g/mol. The Morgan fingerprint density at radius 3 is 3.00 bits per heavy atom. The second-order valence-corrected chi connectivity index (χ2v) is 6.81. The highest BCUT2D eigenvalue weighted by molar-refractivity contribution is 5.78. The second kappa shape index (κ2) is 7.78. The van der Waals surface area contributed by atoms with Gasteiger partial charge in [-0.15, -0.1) is 0 Å². The molecule has 0 unspecified atom stereocenters. The Bertz CT molecular complexity index is 729. The van der Waals surface area contributed by atoms with Gasteiger partial charge < -0.3 is 14.2 Å². The van der Waals surface area contributed by atoms with Crippen molar-refractivity contribution < 1.29 is 13.6 Å². The molecule has 1 aliphatic heterocycles. The second-order valence-electron chi connectivity index (χ2n) is 6.81. The minimum atomic E-state index is -0.259. The molecule has 2 heterocycles. The summed E-state index contributed by atoms with van der Waals surface area (Å²) in [6, 6.07) is 6.35. The zero-order valence-corrected chi connectivity index (χ0v) is 14.7. The molecule has 1 aromatic heterocycles. The lowest BCUT2D eigenvalue weighted by atomic mass is 10.0. The number of piperidine rings is 1. The van der Waals surface area contributed by atoms with E-state index >= 15 is 0 Å². The third-order valence-electron chi connectivity index (χ3n) is 4.40. The molecule has 5 nitrogen and oxygen atoms in total. The van der Waals surface area contributed by atoms with E-state index in [0.717, 1.165) is 31.4 Å². The standard InChI is InChI=1S/C19H24FN3O2/c1-22(2)13-18(24)23-9-4-3-8-17(23)19-21-12-16(25-19)11-14-6-5-7-15(20)10-14/h5-7,10,12,17H,3-4,8-9,11,13H2,1-2H3/t17-/m1/s1. The van der Waals surface area contributed by atoms with Gasteiger partial charge in [0, 0.05) is 13.0 Å². The van der Waals surface area contributed by atoms with Gasteiger partial charge >= 0.3 is 0 Å². The molecule has 6 heteroatoms. The van der Waals surface area contributed by atoms with Gasteiger partial charge in [0.25, 0.3) is 0 Å². The Kier molecular flexibility index (Phi) is 5.48. The monoisotopic (exact) mass is 345 g/mol. The van der Waals surface area contributed by atoms with Crippen LogP contribution < -0.4 is 0 Å². The van der Waals surface area contributed by atoms with Crippen LogP contribution in [0, 0.1) is 5.82 Å². The van der Waals surface area contributed by atoms with E-state index in [1.54, 1.807) is 12.3 Å². The number of hydrogen-bond acceptors (Lipinski definition) is 4. The third-order valence-corrected chi connectivity index (χ3v) is 4.40. The number of halogens is 1. The van der Waals surface area contributed by atoms with Gasteiger partial charge in [0.05, 0.1) is 12.7 Å². The van der Waals surface area contributed by atoms with Crippen LogP contribution >= 0.6 is 0 Å². The Balaban J connectivity index is 1.74. The molecule has 1 aromatic carbocycles. The van der Waals surface area contributed by atoms with Crippen LogP contribution in [0.5, 0.6) is 0 Å². The Morgan fingerprint density at radius 1 is 1.40 bits per heavy atom. The van der Waals surface area contributed by atoms with Crippen LogP contribution in [0.2, 0.25) is 0 Å². The van der Waals surface area contributed by atoms with Crippen LogP contribution in [-0.2, 0) is 11.2 Å². The predicted octanol–water partition coefficient (Wildman–Crippen LogP) is 3.02. The van der Waals surface area contributed by atoms with Crippen LogP contribution in [-0.4, -0.2) is 47.9 Å². The molecule has 0 saturated carbocycles. The first-order valence-corrected chi connectivity index (χ1v) is 8.66. The number of aromatic nitrogens is 1. The maximum Gasteiger partial charge on any atom is 0.237 e. The predicted molar refractivity (Wildman–Crippen MR) is 92.6 cm³/mol. The summed E-state index contributed by atoms with van der Waals surface area (Å²) >= 11 is 0. The number of oxazole rings is 1. The number of hydrogen-bond donors (Lipinski definition) is 0. The van der Waals surface area contributed by atoms with Gasteiger partial charge in [-0.05, 0) is 51.1 Å². The molecule has 0 bridgehead atoms. The van der Waals surface area contributed by atoms with Gasteiger partial charge in [0.2, 0.25) is 11.8 Å². The molecular formula is C19H24FN3O2. The fourth-order valence-corrected chi connectivity index (χ4v) is 3.25. The summed E-state index contributed by atoms with van der Waals surface area (Å²) in [6.07, 6.45) is 5.09. The molecule has 0 spiro atoms. The summed E-state index contributed by atoms with van der Waals surface area (Å²) in [5.74, 6) is 1.11. The van der Waals surface area contributed by atoms with Crippen LogP contribution in [0.3, 0.4) is 0 Å². The third kappa shape index (κ3) is 4.45. The Hall–Kier alpha value is -2.21. The number of carbonyl (C=O) groups is 1. The summed E-state index contributed by atoms with van der Waals surface area (Å²) < 4.78 is 19.2. The lowest BCUT2D eigenvalue weighted by Crippen LogP contribution is -2.42. The van der Waals surface area contributed by atoms with Crippen molar-refractivity contribution in [3.05, 3.63) is 53.5 Å². The van der Waals surface area contributed by atoms with Gasteiger partial charge in [-0.2, -0.15) is 0 Å². The van der Waals surface area contributed by atoms with Crippen LogP contribution in [0.1, 0.15) is 42.5 Å². The fraction of sp³-hybridized carbons (Fsp3) is 0.474. The maximum absolute atomic E-state index is 13.3. The maximum atomic E-state index is 13.3. The first-order chi connectivity index (χ1) is 12.0. The molecule has 25 heavy (non-hydrogen) atoms. The van der Waals surface area contributed by atoms with E-state index in [0.29, 0.717) is 24.6 Å². The summed E-state index contributed by atoms with van der Waals surface area (Å²) in [4.78, 5) is 20.7. The number of benzene rings is 1. The Labute approximate surface area is 147 Å². The fourth-order valence-electron chi connectivity index (χ4n) is 3.25. The lowest BCUT2D eigenvalue weighted by Gasteiger charge is -2.34. The lowest BCUT2D eigenvalue weighted by molar-refractivity contribution is -0.136. The first kappa shape index (κ1) is 17.6. The zero-order chi connectivity index (χ0) is 17.8. The van der Waals surface area contributed by atoms with E-state index in [-0.39, 0.29) is 17.8 Å². The summed E-state index contributed by atoms with van der Waals surface area (Å²) in [5.41, 5.74) is 0.840. The van der Waals surface area contributed by atoms with Gasteiger partial charge in [-0.3, -0.25) is 4.79 Å². The van der Waals surface area contributed by atoms with Crippen molar-refractivity contribution in [2.75, 3.05) is 27.2 Å². The van der Waals surface area contributed by atoms with Crippen molar-refractivity contribution in [1.82, 2.24) is 14.8 Å². The largest absolute Gasteiger partial charge is 0.443 e. The van der Waals surface area contributed by atoms with Crippen LogP contribution in [0.4, 0.5) is 4.39 Å². The summed E-state index contributed by atoms with van der Waals surface area (Å²) in [5, 5.41) is 0. The van der Waals surface area contributed by atoms with Crippen molar-refractivity contribution in [2.45, 2.75) is 31.7 Å². The van der Waals surface area contributed by atoms with Crippen molar-refractivity contribution in [2.24, 2.45) is 0 Å². The molecule has 1 fully saturated rings. The van der Waals surface area contributed by atoms with E-state index in [9.17, 15) is 9.18 Å². The van der Waals surface area contributed by atoms with E-state index < -0.39 is 0 Å². The first-order valence-electron chi connectivity index (χ1n) is 8.66. The van der Waals surface area contributed by atoms with Crippen LogP contribution in [0.15, 0.2) is 34.9 Å². The molecule has 0 aliphatic carbocycles. The van der Waals surface area contributed by atoms with Gasteiger partial charge in [0.1, 0.15) is 17.6 Å². The highest BCUT2D eigenvalue weighted by atomic mass is 19.1. The number of amides is 1. The number of likely N-dealkylation sites (N-methyl/N-ethyl adjacent to an activating group) is 1. The number of nitrogens with zero attached hydrogens (tertiary/aromatic N) is 3.